The Kier molecular flexibility index (Phi) is 4.40. The molecular weight excluding hydrogens is 332 g/mol. The molecule has 0 amide bonds. The number of rotatable bonds is 6. The molecule has 0 saturated carbocycles. The smallest absolute Gasteiger partial charge is 0.242 e. The first kappa shape index (κ1) is 15.6. The van der Waals surface area contributed by atoms with Crippen LogP contribution in [0.1, 0.15) is 21.6 Å². The minimum Gasteiger partial charge on any atom is -0.292 e. The van der Waals surface area contributed by atoms with E-state index in [9.17, 15) is 13.2 Å². The number of thiazole rings is 1. The van der Waals surface area contributed by atoms with Crippen LogP contribution in [0.4, 0.5) is 0 Å². The number of hydrogen-bond donors (Lipinski definition) is 0. The van der Waals surface area contributed by atoms with Crippen molar-refractivity contribution in [2.75, 3.05) is 0 Å². The molecule has 23 heavy (non-hydrogen) atoms. The van der Waals surface area contributed by atoms with Gasteiger partial charge >= 0.3 is 0 Å². The number of carbonyl (C=O) groups is 1. The Bertz CT molecular complexity index is 898. The van der Waals surface area contributed by atoms with Crippen molar-refractivity contribution in [1.29, 1.82) is 0 Å². The molecule has 118 valence electrons. The van der Waals surface area contributed by atoms with Gasteiger partial charge in [0.25, 0.3) is 0 Å². The molecule has 0 atom stereocenters. The van der Waals surface area contributed by atoms with E-state index in [0.717, 1.165) is 5.56 Å². The van der Waals surface area contributed by atoms with Crippen molar-refractivity contribution in [2.45, 2.75) is 12.2 Å². The quantitative estimate of drug-likeness (QED) is 0.644. The molecular formula is C16H14N2O3S2. The normalized spacial score (nSPS) is 11.5. The molecule has 0 bridgehead atoms. The lowest BCUT2D eigenvalue weighted by molar-refractivity contribution is 0.0989. The van der Waals surface area contributed by atoms with E-state index in [0.29, 0.717) is 11.3 Å². The first-order valence-corrected chi connectivity index (χ1v) is 9.45. The Morgan fingerprint density at radius 1 is 1.13 bits per heavy atom. The minimum atomic E-state index is -3.49. The van der Waals surface area contributed by atoms with E-state index in [2.05, 4.69) is 4.98 Å². The van der Waals surface area contributed by atoms with Crippen LogP contribution in [0.15, 0.2) is 59.7 Å². The standard InChI is InChI=1S/C16H14N2O3S2/c19-16(15-10-22-12-17-15)8-14-6-7-18(9-14)23(20,21)11-13-4-2-1-3-5-13/h1-7,9-10,12H,8,11H2. The summed E-state index contributed by atoms with van der Waals surface area (Å²) in [5.74, 6) is -0.202. The van der Waals surface area contributed by atoms with Gasteiger partial charge in [-0.3, -0.25) is 8.77 Å². The van der Waals surface area contributed by atoms with Crippen molar-refractivity contribution < 1.29 is 13.2 Å². The molecule has 5 nitrogen and oxygen atoms in total. The largest absolute Gasteiger partial charge is 0.292 e. The second-order valence-electron chi connectivity index (χ2n) is 5.07. The maximum absolute atomic E-state index is 12.4. The Morgan fingerprint density at radius 3 is 2.61 bits per heavy atom. The van der Waals surface area contributed by atoms with Crippen LogP contribution in [-0.2, 0) is 22.2 Å². The van der Waals surface area contributed by atoms with Gasteiger partial charge in [-0.15, -0.1) is 11.3 Å². The second-order valence-corrected chi connectivity index (χ2v) is 7.66. The molecule has 0 spiro atoms. The van der Waals surface area contributed by atoms with Gasteiger partial charge in [0.1, 0.15) is 5.69 Å². The third-order valence-corrected chi connectivity index (χ3v) is 5.48. The van der Waals surface area contributed by atoms with Gasteiger partial charge in [-0.05, 0) is 17.2 Å². The number of ketones is 1. The summed E-state index contributed by atoms with van der Waals surface area (Å²) in [4.78, 5) is 16.0. The SMILES string of the molecule is O=C(Cc1ccn(S(=O)(=O)Cc2ccccc2)c1)c1cscn1. The molecule has 7 heteroatoms. The number of Topliss-reactive ketones (excluding diaryl/α,β-unsaturated/α-hetero) is 1. The van der Waals surface area contributed by atoms with Crippen molar-refractivity contribution in [3.8, 4) is 0 Å². The molecule has 0 aliphatic rings. The molecule has 1 aromatic carbocycles. The first-order chi connectivity index (χ1) is 11.0. The Balaban J connectivity index is 1.74. The van der Waals surface area contributed by atoms with Crippen LogP contribution < -0.4 is 0 Å². The molecule has 3 aromatic rings. The van der Waals surface area contributed by atoms with Crippen molar-refractivity contribution in [3.05, 3.63) is 76.5 Å². The second kappa shape index (κ2) is 6.47. The average Bonchev–Trinajstić information content (AvgIpc) is 3.19. The van der Waals surface area contributed by atoms with Crippen LogP contribution in [-0.4, -0.2) is 23.2 Å². The summed E-state index contributed by atoms with van der Waals surface area (Å²) < 4.78 is 26.0. The summed E-state index contributed by atoms with van der Waals surface area (Å²) in [6.45, 7) is 0. The zero-order chi connectivity index (χ0) is 16.3. The number of hydrogen-bond acceptors (Lipinski definition) is 5. The summed E-state index contributed by atoms with van der Waals surface area (Å²) in [5, 5.41) is 1.69. The first-order valence-electron chi connectivity index (χ1n) is 6.90. The van der Waals surface area contributed by atoms with Gasteiger partial charge in [0, 0.05) is 24.2 Å². The topological polar surface area (TPSA) is 69.0 Å². The van der Waals surface area contributed by atoms with Crippen LogP contribution in [0.25, 0.3) is 0 Å². The van der Waals surface area contributed by atoms with E-state index in [1.54, 1.807) is 41.2 Å². The number of benzene rings is 1. The van der Waals surface area contributed by atoms with Crippen LogP contribution in [0.5, 0.6) is 0 Å². The van der Waals surface area contributed by atoms with Gasteiger partial charge in [0.2, 0.25) is 10.0 Å². The summed E-state index contributed by atoms with van der Waals surface area (Å²) in [5.41, 5.74) is 3.39. The maximum Gasteiger partial charge on any atom is 0.242 e. The number of carbonyl (C=O) groups excluding carboxylic acids is 1. The highest BCUT2D eigenvalue weighted by Crippen LogP contribution is 2.13. The highest BCUT2D eigenvalue weighted by atomic mass is 32.2. The monoisotopic (exact) mass is 346 g/mol. The summed E-state index contributed by atoms with van der Waals surface area (Å²) in [7, 11) is -3.49. The van der Waals surface area contributed by atoms with E-state index in [1.807, 2.05) is 6.07 Å². The molecule has 0 N–H and O–H groups in total. The molecule has 0 radical (unpaired) electrons. The zero-order valence-electron chi connectivity index (χ0n) is 12.1. The van der Waals surface area contributed by atoms with E-state index in [4.69, 9.17) is 0 Å². The average molecular weight is 346 g/mol. The summed E-state index contributed by atoms with van der Waals surface area (Å²) >= 11 is 1.36. The predicted molar refractivity (Wildman–Crippen MR) is 89.0 cm³/mol. The number of aromatic nitrogens is 2. The van der Waals surface area contributed by atoms with Gasteiger partial charge in [0.15, 0.2) is 5.78 Å². The van der Waals surface area contributed by atoms with Gasteiger partial charge in [-0.2, -0.15) is 0 Å². The van der Waals surface area contributed by atoms with Crippen molar-refractivity contribution in [3.63, 3.8) is 0 Å². The van der Waals surface area contributed by atoms with Gasteiger partial charge < -0.3 is 0 Å². The highest BCUT2D eigenvalue weighted by Gasteiger charge is 2.16. The maximum atomic E-state index is 12.4. The van der Waals surface area contributed by atoms with Gasteiger partial charge in [-0.25, -0.2) is 13.4 Å². The van der Waals surface area contributed by atoms with Crippen molar-refractivity contribution in [2.24, 2.45) is 0 Å². The third-order valence-electron chi connectivity index (χ3n) is 3.32. The van der Waals surface area contributed by atoms with Crippen molar-refractivity contribution in [1.82, 2.24) is 8.96 Å². The molecule has 2 heterocycles. The van der Waals surface area contributed by atoms with E-state index in [1.165, 1.54) is 27.7 Å². The Labute approximate surface area is 138 Å². The number of nitrogens with zero attached hydrogens (tertiary/aromatic N) is 2. The molecule has 0 saturated heterocycles. The third kappa shape index (κ3) is 3.75. The van der Waals surface area contributed by atoms with Crippen molar-refractivity contribution >= 4 is 27.1 Å². The zero-order valence-corrected chi connectivity index (χ0v) is 13.8. The lowest BCUT2D eigenvalue weighted by Crippen LogP contribution is -2.13. The van der Waals surface area contributed by atoms with Crippen LogP contribution >= 0.6 is 11.3 Å². The van der Waals surface area contributed by atoms with Crippen LogP contribution in [0.3, 0.4) is 0 Å². The fourth-order valence-corrected chi connectivity index (χ4v) is 4.04. The Morgan fingerprint density at radius 2 is 1.91 bits per heavy atom. The summed E-state index contributed by atoms with van der Waals surface area (Å²) in [6.07, 6.45) is 3.10. The minimum absolute atomic E-state index is 0.0814. The van der Waals surface area contributed by atoms with Gasteiger partial charge in [-0.1, -0.05) is 30.3 Å². The Hall–Kier alpha value is -2.25. The van der Waals surface area contributed by atoms with E-state index >= 15 is 0 Å². The molecule has 0 fully saturated rings. The fourth-order valence-electron chi connectivity index (χ4n) is 2.18. The fraction of sp³-hybridized carbons (Fsp3) is 0.125. The lowest BCUT2D eigenvalue weighted by Gasteiger charge is -2.05. The van der Waals surface area contributed by atoms with Gasteiger partial charge in [0.05, 0.1) is 11.3 Å². The molecule has 2 aromatic heterocycles. The summed E-state index contributed by atoms with van der Waals surface area (Å²) in [6, 6.07) is 10.6. The lowest BCUT2D eigenvalue weighted by atomic mass is 10.1. The molecule has 0 aliphatic carbocycles. The van der Waals surface area contributed by atoms with E-state index < -0.39 is 10.0 Å². The molecule has 0 aliphatic heterocycles. The van der Waals surface area contributed by atoms with Crippen LogP contribution in [0, 0.1) is 0 Å². The predicted octanol–water partition coefficient (Wildman–Crippen LogP) is 2.75. The highest BCUT2D eigenvalue weighted by molar-refractivity contribution is 7.89. The molecule has 0 unspecified atom stereocenters. The molecule has 3 rings (SSSR count). The van der Waals surface area contributed by atoms with E-state index in [-0.39, 0.29) is 18.0 Å². The van der Waals surface area contributed by atoms with Crippen LogP contribution in [0.2, 0.25) is 0 Å².